The molecule has 0 saturated carbocycles. The minimum atomic E-state index is -1.00. The van der Waals surface area contributed by atoms with Gasteiger partial charge in [0.2, 0.25) is 0 Å². The first-order valence-electron chi connectivity index (χ1n) is 14.8. The SMILES string of the molecule is CO[C@@H]1CCN(C(=O)OC(C)(C)C)C(Cc2ccc(Cl)cc2)C1.CO[C@@H]1CCNC(Cc2ccc(Cl)cc2)C1.Cl.[2H]CF. The number of nitrogens with zero attached hydrogens (tertiary/aromatic N) is 1. The summed E-state index contributed by atoms with van der Waals surface area (Å²) in [5, 5.41) is 5.05. The molecule has 0 spiro atoms. The van der Waals surface area contributed by atoms with Crippen molar-refractivity contribution in [2.45, 2.75) is 89.2 Å². The van der Waals surface area contributed by atoms with Crippen LogP contribution >= 0.6 is 35.6 Å². The Bertz CT molecular complexity index is 1040. The van der Waals surface area contributed by atoms with Crippen LogP contribution in [0.1, 0.15) is 59.0 Å². The Morgan fingerprint density at radius 1 is 0.952 bits per heavy atom. The van der Waals surface area contributed by atoms with Gasteiger partial charge in [0.15, 0.2) is 0 Å². The maximum Gasteiger partial charge on any atom is 0.410 e. The number of ether oxygens (including phenoxy) is 3. The van der Waals surface area contributed by atoms with Gasteiger partial charge < -0.3 is 24.4 Å². The number of methoxy groups -OCH3 is 2. The van der Waals surface area contributed by atoms with E-state index in [0.29, 0.717) is 18.7 Å². The Kier molecular flexibility index (Phi) is 17.1. The zero-order valence-corrected chi connectivity index (χ0v) is 27.7. The zero-order chi connectivity index (χ0) is 31.1. The zero-order valence-electron chi connectivity index (χ0n) is 26.4. The first kappa shape index (κ1) is 36.6. The number of likely N-dealkylation sites (tertiary alicyclic amines) is 1. The van der Waals surface area contributed by atoms with E-state index in [9.17, 15) is 9.18 Å². The van der Waals surface area contributed by atoms with Crippen molar-refractivity contribution in [1.29, 1.82) is 0 Å². The second kappa shape index (κ2) is 19.6. The molecule has 1 N–H and O–H groups in total. The lowest BCUT2D eigenvalue weighted by Gasteiger charge is -2.39. The summed E-state index contributed by atoms with van der Waals surface area (Å²) in [6.45, 7) is 7.38. The number of halogens is 4. The highest BCUT2D eigenvalue weighted by molar-refractivity contribution is 6.30. The van der Waals surface area contributed by atoms with Crippen LogP contribution in [0.3, 0.4) is 0 Å². The monoisotopic (exact) mass is 649 g/mol. The van der Waals surface area contributed by atoms with E-state index in [-0.39, 0.29) is 30.6 Å². The van der Waals surface area contributed by atoms with Crippen LogP contribution in [0.2, 0.25) is 10.0 Å². The third-order valence-electron chi connectivity index (χ3n) is 7.19. The quantitative estimate of drug-likeness (QED) is 0.344. The van der Waals surface area contributed by atoms with Crippen molar-refractivity contribution in [3.8, 4) is 0 Å². The average molecular weight is 651 g/mol. The number of benzene rings is 2. The lowest BCUT2D eigenvalue weighted by molar-refractivity contribution is -0.0177. The van der Waals surface area contributed by atoms with Crippen molar-refractivity contribution >= 4 is 41.7 Å². The van der Waals surface area contributed by atoms with E-state index in [0.717, 1.165) is 60.7 Å². The summed E-state index contributed by atoms with van der Waals surface area (Å²) in [6.07, 6.45) is 6.06. The van der Waals surface area contributed by atoms with Crippen LogP contribution in [-0.4, -0.2) is 75.3 Å². The van der Waals surface area contributed by atoms with Crippen LogP contribution in [0.5, 0.6) is 0 Å². The molecule has 4 atom stereocenters. The van der Waals surface area contributed by atoms with Crippen LogP contribution in [0.25, 0.3) is 0 Å². The van der Waals surface area contributed by atoms with E-state index >= 15 is 0 Å². The lowest BCUT2D eigenvalue weighted by Crippen LogP contribution is -2.50. The molecule has 0 radical (unpaired) electrons. The highest BCUT2D eigenvalue weighted by Crippen LogP contribution is 2.25. The predicted molar refractivity (Wildman–Crippen MR) is 173 cm³/mol. The third-order valence-corrected chi connectivity index (χ3v) is 7.69. The maximum absolute atomic E-state index is 12.5. The van der Waals surface area contributed by atoms with Crippen LogP contribution < -0.4 is 5.32 Å². The van der Waals surface area contributed by atoms with Crippen molar-refractivity contribution < 1.29 is 24.8 Å². The number of amides is 1. The van der Waals surface area contributed by atoms with Gasteiger partial charge in [-0.15, -0.1) is 12.4 Å². The first-order valence-corrected chi connectivity index (χ1v) is 14.9. The standard InChI is InChI=1S/C18H26ClNO3.C13H18ClNO.CH3F.ClH/c1-18(2,3)23-17(21)20-10-9-16(22-4)12-15(20)11-13-5-7-14(19)8-6-13;1-16-13-6-7-15-12(9-13)8-10-2-4-11(14)5-3-10;1-2;/h5-8,15-16H,9-12H2,1-4H3;2-5,12-13,15H,6-9H2,1H3;1H3;1H/t15?,16-;12?,13-;;/m11../s1/i;;1D;. The van der Waals surface area contributed by atoms with Crippen LogP contribution in [0, 0.1) is 0 Å². The molecule has 0 aromatic heterocycles. The van der Waals surface area contributed by atoms with Crippen LogP contribution in [-0.2, 0) is 27.1 Å². The second-order valence-corrected chi connectivity index (χ2v) is 12.3. The molecule has 2 aliphatic rings. The number of hydrogen-bond donors (Lipinski definition) is 1. The summed E-state index contributed by atoms with van der Waals surface area (Å²) < 4.78 is 32.0. The molecule has 0 bridgehead atoms. The van der Waals surface area contributed by atoms with Gasteiger partial charge >= 0.3 is 6.09 Å². The van der Waals surface area contributed by atoms with E-state index in [1.807, 2.05) is 62.1 Å². The van der Waals surface area contributed by atoms with Gasteiger partial charge in [-0.3, -0.25) is 4.39 Å². The average Bonchev–Trinajstić information content (AvgIpc) is 2.95. The largest absolute Gasteiger partial charge is 0.444 e. The number of carbonyl (C=O) groups excluding carboxylic acids is 1. The number of piperidine rings is 2. The minimum Gasteiger partial charge on any atom is -0.444 e. The fraction of sp³-hybridized carbons (Fsp3) is 0.594. The molecule has 0 aliphatic carbocycles. The maximum atomic E-state index is 12.5. The van der Waals surface area contributed by atoms with Gasteiger partial charge in [0, 0.05) is 42.9 Å². The van der Waals surface area contributed by atoms with Crippen LogP contribution in [0.4, 0.5) is 9.18 Å². The van der Waals surface area contributed by atoms with Crippen molar-refractivity contribution in [2.75, 3.05) is 34.5 Å². The molecule has 10 heteroatoms. The molecule has 2 unspecified atom stereocenters. The Morgan fingerprint density at radius 2 is 1.45 bits per heavy atom. The summed E-state index contributed by atoms with van der Waals surface area (Å²) in [5.41, 5.74) is 2.00. The molecule has 4 rings (SSSR count). The highest BCUT2D eigenvalue weighted by atomic mass is 35.5. The summed E-state index contributed by atoms with van der Waals surface area (Å²) in [6, 6.07) is 16.5. The summed E-state index contributed by atoms with van der Waals surface area (Å²) in [5.74, 6) is 0. The highest BCUT2D eigenvalue weighted by Gasteiger charge is 2.34. The van der Waals surface area contributed by atoms with Crippen molar-refractivity contribution in [1.82, 2.24) is 10.2 Å². The topological polar surface area (TPSA) is 60.0 Å². The molecule has 2 aromatic rings. The number of hydrogen-bond acceptors (Lipinski definition) is 5. The van der Waals surface area contributed by atoms with E-state index in [1.165, 1.54) is 5.56 Å². The summed E-state index contributed by atoms with van der Waals surface area (Å²) in [7, 11) is 2.53. The summed E-state index contributed by atoms with van der Waals surface area (Å²) in [4.78, 5) is 14.3. The molecule has 6 nitrogen and oxygen atoms in total. The number of alkyl halides is 1. The summed E-state index contributed by atoms with van der Waals surface area (Å²) >= 11 is 11.8. The number of rotatable bonds is 6. The molecule has 42 heavy (non-hydrogen) atoms. The fourth-order valence-electron chi connectivity index (χ4n) is 5.12. The smallest absolute Gasteiger partial charge is 0.410 e. The van der Waals surface area contributed by atoms with Crippen molar-refractivity contribution in [3.63, 3.8) is 0 Å². The van der Waals surface area contributed by atoms with Gasteiger partial charge in [-0.2, -0.15) is 0 Å². The molecule has 2 fully saturated rings. The first-order chi connectivity index (χ1) is 20.0. The third kappa shape index (κ3) is 13.8. The Hall–Kier alpha value is -1.61. The minimum absolute atomic E-state index is 0. The molecule has 2 heterocycles. The number of carbonyl (C=O) groups is 1. The van der Waals surface area contributed by atoms with Crippen molar-refractivity contribution in [3.05, 3.63) is 69.7 Å². The Labute approximate surface area is 269 Å². The van der Waals surface area contributed by atoms with Gasteiger partial charge in [-0.05, 0) is 101 Å². The molecular formula is C32H48Cl3FN2O4. The Balaban J connectivity index is 0.000000404. The fourth-order valence-corrected chi connectivity index (χ4v) is 5.37. The van der Waals surface area contributed by atoms with Gasteiger partial charge in [0.25, 0.3) is 0 Å². The van der Waals surface area contributed by atoms with Gasteiger partial charge in [-0.25, -0.2) is 4.79 Å². The van der Waals surface area contributed by atoms with Crippen LogP contribution in [0.15, 0.2) is 48.5 Å². The second-order valence-electron chi connectivity index (χ2n) is 11.4. The lowest BCUT2D eigenvalue weighted by atomic mass is 9.94. The van der Waals surface area contributed by atoms with E-state index in [1.54, 1.807) is 14.2 Å². The molecule has 238 valence electrons. The predicted octanol–water partition coefficient (Wildman–Crippen LogP) is 7.95. The molecule has 2 saturated heterocycles. The van der Waals surface area contributed by atoms with Gasteiger partial charge in [-0.1, -0.05) is 47.5 Å². The molecule has 1 amide bonds. The van der Waals surface area contributed by atoms with Gasteiger partial charge in [0.05, 0.1) is 20.7 Å². The van der Waals surface area contributed by atoms with Gasteiger partial charge in [0.1, 0.15) is 5.60 Å². The molecular weight excluding hydrogens is 602 g/mol. The molecule has 2 aliphatic heterocycles. The normalized spacial score (nSPS) is 22.3. The van der Waals surface area contributed by atoms with Crippen molar-refractivity contribution in [2.24, 2.45) is 0 Å². The van der Waals surface area contributed by atoms with E-state index in [4.69, 9.17) is 38.8 Å². The van der Waals surface area contributed by atoms with E-state index < -0.39 is 12.8 Å². The Morgan fingerprint density at radius 3 is 1.95 bits per heavy atom. The molecule has 2 aromatic carbocycles. The number of nitrogens with one attached hydrogen (secondary N) is 1. The van der Waals surface area contributed by atoms with E-state index in [2.05, 4.69) is 17.4 Å².